The third-order valence-corrected chi connectivity index (χ3v) is 3.45. The number of aliphatic carboxylic acids is 1. The monoisotopic (exact) mass is 281 g/mol. The lowest BCUT2D eigenvalue weighted by molar-refractivity contribution is -0.133. The van der Waals surface area contributed by atoms with Crippen LogP contribution < -0.4 is 9.75 Å². The van der Waals surface area contributed by atoms with Gasteiger partial charge in [0.2, 0.25) is 0 Å². The van der Waals surface area contributed by atoms with E-state index in [1.165, 1.54) is 11.8 Å². The molecule has 1 heterocycles. The van der Waals surface area contributed by atoms with Crippen molar-refractivity contribution in [3.63, 3.8) is 0 Å². The van der Waals surface area contributed by atoms with Crippen LogP contribution in [0.2, 0.25) is 0 Å². The number of nitrogens with zero attached hydrogens (tertiary/aromatic N) is 3. The van der Waals surface area contributed by atoms with E-state index in [9.17, 15) is 4.79 Å². The molecule has 0 bridgehead atoms. The van der Waals surface area contributed by atoms with Gasteiger partial charge in [-0.2, -0.15) is 0 Å². The Kier molecular flexibility index (Phi) is 3.84. The molecule has 2 rings (SSSR count). The Morgan fingerprint density at radius 2 is 2.26 bits per heavy atom. The lowest BCUT2D eigenvalue weighted by atomic mass is 10.3. The van der Waals surface area contributed by atoms with E-state index in [1.54, 1.807) is 7.11 Å². The second kappa shape index (κ2) is 5.40. The highest BCUT2D eigenvalue weighted by atomic mass is 32.2. The van der Waals surface area contributed by atoms with Crippen LogP contribution in [0.15, 0.2) is 23.4 Å². The number of carboxylic acid groups (broad SMARTS) is 1. The van der Waals surface area contributed by atoms with E-state index in [-0.39, 0.29) is 5.75 Å². The molecule has 7 heteroatoms. The van der Waals surface area contributed by atoms with Crippen molar-refractivity contribution in [3.8, 4) is 5.75 Å². The molecule has 1 aromatic heterocycles. The summed E-state index contributed by atoms with van der Waals surface area (Å²) in [5.74, 6) is -0.140. The highest BCUT2D eigenvalue weighted by Crippen LogP contribution is 2.26. The standard InChI is InChI=1S/C12H15N3O3S/c1-14(2)15-10-6-8(18-3)4-5-9(10)13-12(15)19-7-11(16)17/h4-6H,7H2,1-3H3,(H,16,17). The van der Waals surface area contributed by atoms with Crippen LogP contribution in [0.3, 0.4) is 0 Å². The Morgan fingerprint density at radius 1 is 1.53 bits per heavy atom. The van der Waals surface area contributed by atoms with Crippen molar-refractivity contribution in [2.45, 2.75) is 5.16 Å². The van der Waals surface area contributed by atoms with Gasteiger partial charge in [-0.25, -0.2) is 9.66 Å². The van der Waals surface area contributed by atoms with Gasteiger partial charge in [0, 0.05) is 20.2 Å². The second-order valence-corrected chi connectivity index (χ2v) is 5.03. The van der Waals surface area contributed by atoms with Crippen molar-refractivity contribution in [2.75, 3.05) is 32.0 Å². The summed E-state index contributed by atoms with van der Waals surface area (Å²) in [4.78, 5) is 15.1. The first-order valence-electron chi connectivity index (χ1n) is 5.61. The summed E-state index contributed by atoms with van der Waals surface area (Å²) in [6.07, 6.45) is 0. The van der Waals surface area contributed by atoms with Gasteiger partial charge in [-0.15, -0.1) is 0 Å². The van der Waals surface area contributed by atoms with Gasteiger partial charge in [0.25, 0.3) is 0 Å². The zero-order valence-corrected chi connectivity index (χ0v) is 11.8. The number of carboxylic acids is 1. The van der Waals surface area contributed by atoms with Gasteiger partial charge in [-0.05, 0) is 12.1 Å². The number of benzene rings is 1. The molecule has 0 fully saturated rings. The highest BCUT2D eigenvalue weighted by Gasteiger charge is 2.14. The molecule has 0 atom stereocenters. The van der Waals surface area contributed by atoms with Crippen LogP contribution in [-0.2, 0) is 4.79 Å². The van der Waals surface area contributed by atoms with E-state index in [1.807, 2.05) is 42.0 Å². The van der Waals surface area contributed by atoms with Crippen molar-refractivity contribution >= 4 is 28.8 Å². The van der Waals surface area contributed by atoms with E-state index < -0.39 is 5.97 Å². The van der Waals surface area contributed by atoms with Crippen LogP contribution in [0.1, 0.15) is 0 Å². The van der Waals surface area contributed by atoms with Gasteiger partial charge in [-0.3, -0.25) is 4.79 Å². The summed E-state index contributed by atoms with van der Waals surface area (Å²) in [7, 11) is 5.37. The van der Waals surface area contributed by atoms with Gasteiger partial charge in [0.1, 0.15) is 5.75 Å². The fourth-order valence-electron chi connectivity index (χ4n) is 1.75. The third-order valence-electron chi connectivity index (χ3n) is 2.53. The van der Waals surface area contributed by atoms with Crippen molar-refractivity contribution < 1.29 is 14.6 Å². The van der Waals surface area contributed by atoms with Crippen molar-refractivity contribution in [3.05, 3.63) is 18.2 Å². The maximum Gasteiger partial charge on any atom is 0.313 e. The molecular weight excluding hydrogens is 266 g/mol. The lowest BCUT2D eigenvalue weighted by Crippen LogP contribution is -2.25. The quantitative estimate of drug-likeness (QED) is 0.836. The Morgan fingerprint density at radius 3 is 2.84 bits per heavy atom. The highest BCUT2D eigenvalue weighted by molar-refractivity contribution is 7.99. The first kappa shape index (κ1) is 13.5. The van der Waals surface area contributed by atoms with E-state index in [0.29, 0.717) is 5.16 Å². The second-order valence-electron chi connectivity index (χ2n) is 4.09. The topological polar surface area (TPSA) is 67.6 Å². The van der Waals surface area contributed by atoms with Crippen molar-refractivity contribution in [1.29, 1.82) is 0 Å². The number of hydrogen-bond donors (Lipinski definition) is 1. The number of aromatic nitrogens is 2. The number of hydrogen-bond acceptors (Lipinski definition) is 5. The minimum atomic E-state index is -0.861. The van der Waals surface area contributed by atoms with Gasteiger partial charge in [0.05, 0.1) is 23.9 Å². The van der Waals surface area contributed by atoms with Gasteiger partial charge in [-0.1, -0.05) is 11.8 Å². The summed E-state index contributed by atoms with van der Waals surface area (Å²) < 4.78 is 7.07. The first-order valence-corrected chi connectivity index (χ1v) is 6.60. The molecule has 0 aliphatic rings. The van der Waals surface area contributed by atoms with Crippen LogP contribution in [0, 0.1) is 0 Å². The molecule has 0 spiro atoms. The third kappa shape index (κ3) is 2.76. The fraction of sp³-hybridized carbons (Fsp3) is 0.333. The van der Waals surface area contributed by atoms with E-state index >= 15 is 0 Å². The van der Waals surface area contributed by atoms with Crippen molar-refractivity contribution in [2.24, 2.45) is 0 Å². The summed E-state index contributed by atoms with van der Waals surface area (Å²) in [6.45, 7) is 0. The molecule has 0 aliphatic heterocycles. The zero-order valence-electron chi connectivity index (χ0n) is 11.0. The van der Waals surface area contributed by atoms with Gasteiger partial charge >= 0.3 is 5.97 Å². The Balaban J connectivity index is 2.51. The molecule has 6 nitrogen and oxygen atoms in total. The average Bonchev–Trinajstić information content (AvgIpc) is 2.73. The minimum absolute atomic E-state index is 0.0195. The normalized spacial score (nSPS) is 10.7. The van der Waals surface area contributed by atoms with Gasteiger partial charge < -0.3 is 14.9 Å². The summed E-state index contributed by atoms with van der Waals surface area (Å²) in [6, 6.07) is 5.58. The largest absolute Gasteiger partial charge is 0.497 e. The van der Waals surface area contributed by atoms with E-state index in [4.69, 9.17) is 9.84 Å². The van der Waals surface area contributed by atoms with E-state index in [0.717, 1.165) is 16.8 Å². The summed E-state index contributed by atoms with van der Waals surface area (Å²) in [5.41, 5.74) is 1.69. The number of rotatable bonds is 5. The molecule has 102 valence electrons. The Labute approximate surface area is 114 Å². The van der Waals surface area contributed by atoms with Crippen LogP contribution in [-0.4, -0.2) is 47.7 Å². The zero-order chi connectivity index (χ0) is 14.0. The minimum Gasteiger partial charge on any atom is -0.497 e. The number of thioether (sulfide) groups is 1. The van der Waals surface area contributed by atoms with Crippen molar-refractivity contribution in [1.82, 2.24) is 9.66 Å². The Hall–Kier alpha value is -1.89. The lowest BCUT2D eigenvalue weighted by Gasteiger charge is -2.17. The number of fused-ring (bicyclic) bond motifs is 1. The molecule has 0 radical (unpaired) electrons. The SMILES string of the molecule is COc1ccc2nc(SCC(=O)O)n(N(C)C)c2c1. The molecule has 0 amide bonds. The van der Waals surface area contributed by atoms with E-state index in [2.05, 4.69) is 4.98 Å². The molecule has 1 aromatic carbocycles. The van der Waals surface area contributed by atoms with Crippen LogP contribution in [0.5, 0.6) is 5.75 Å². The Bertz CT molecular complexity index is 610. The van der Waals surface area contributed by atoms with Crippen LogP contribution in [0.25, 0.3) is 11.0 Å². The summed E-state index contributed by atoms with van der Waals surface area (Å²) in [5, 5.41) is 11.3. The van der Waals surface area contributed by atoms with Crippen LogP contribution in [0.4, 0.5) is 0 Å². The maximum atomic E-state index is 10.7. The molecule has 0 saturated carbocycles. The number of carbonyl (C=O) groups is 1. The average molecular weight is 281 g/mol. The molecule has 19 heavy (non-hydrogen) atoms. The molecule has 2 aromatic rings. The van der Waals surface area contributed by atoms with Crippen LogP contribution >= 0.6 is 11.8 Å². The molecule has 0 aliphatic carbocycles. The predicted molar refractivity (Wildman–Crippen MR) is 74.7 cm³/mol. The summed E-state index contributed by atoms with van der Waals surface area (Å²) >= 11 is 1.19. The smallest absolute Gasteiger partial charge is 0.313 e. The number of imidazole rings is 1. The first-order chi connectivity index (χ1) is 9.02. The number of methoxy groups -OCH3 is 1. The fourth-order valence-corrected chi connectivity index (χ4v) is 2.55. The molecule has 1 N–H and O–H groups in total. The molecular formula is C12H15N3O3S. The predicted octanol–water partition coefficient (Wildman–Crippen LogP) is 1.42. The molecule has 0 saturated heterocycles. The van der Waals surface area contributed by atoms with Gasteiger partial charge in [0.15, 0.2) is 5.16 Å². The number of ether oxygens (including phenoxy) is 1. The maximum absolute atomic E-state index is 10.7. The molecule has 0 unspecified atom stereocenters.